The van der Waals surface area contributed by atoms with E-state index in [0.29, 0.717) is 24.8 Å². The molecule has 2 aliphatic rings. The third-order valence-electron chi connectivity index (χ3n) is 5.21. The molecule has 2 N–H and O–H groups in total. The summed E-state index contributed by atoms with van der Waals surface area (Å²) in [5.41, 5.74) is 1.03. The van der Waals surface area contributed by atoms with Gasteiger partial charge in [0, 0.05) is 36.1 Å². The summed E-state index contributed by atoms with van der Waals surface area (Å²) in [4.78, 5) is 13.4. The van der Waals surface area contributed by atoms with Crippen LogP contribution in [0.4, 0.5) is 5.82 Å². The number of aliphatic hydroxyl groups is 1. The highest BCUT2D eigenvalue weighted by Gasteiger charge is 2.38. The molecule has 2 aromatic heterocycles. The molecule has 7 heteroatoms. The Labute approximate surface area is 147 Å². The predicted octanol–water partition coefficient (Wildman–Crippen LogP) is 2.57. The number of anilines is 1. The Hall–Kier alpha value is -2.02. The SMILES string of the molecule is CCc1cc(NC[C@H]2C[C@H](c3nc(C4CC4)no3)C[C@H]2O)nc(C)n1. The van der Waals surface area contributed by atoms with Gasteiger partial charge >= 0.3 is 0 Å². The Balaban J connectivity index is 1.37. The molecule has 0 radical (unpaired) electrons. The minimum absolute atomic E-state index is 0.153. The fourth-order valence-electron chi connectivity index (χ4n) is 3.58. The molecule has 0 bridgehead atoms. The molecule has 2 aromatic rings. The van der Waals surface area contributed by atoms with Crippen LogP contribution in [0.5, 0.6) is 0 Å². The second kappa shape index (κ2) is 6.71. The van der Waals surface area contributed by atoms with Crippen molar-refractivity contribution in [3.63, 3.8) is 0 Å². The van der Waals surface area contributed by atoms with Gasteiger partial charge in [0.15, 0.2) is 5.82 Å². The molecule has 0 unspecified atom stereocenters. The summed E-state index contributed by atoms with van der Waals surface area (Å²) in [5, 5.41) is 17.9. The monoisotopic (exact) mass is 343 g/mol. The van der Waals surface area contributed by atoms with Crippen molar-refractivity contribution in [1.82, 2.24) is 20.1 Å². The summed E-state index contributed by atoms with van der Waals surface area (Å²) in [6, 6.07) is 1.98. The van der Waals surface area contributed by atoms with Crippen molar-refractivity contribution in [2.75, 3.05) is 11.9 Å². The van der Waals surface area contributed by atoms with Gasteiger partial charge in [0.1, 0.15) is 11.6 Å². The summed E-state index contributed by atoms with van der Waals surface area (Å²) < 4.78 is 5.44. The van der Waals surface area contributed by atoms with E-state index in [2.05, 4.69) is 32.3 Å². The van der Waals surface area contributed by atoms with Crippen LogP contribution in [0, 0.1) is 12.8 Å². The van der Waals surface area contributed by atoms with Gasteiger partial charge in [-0.2, -0.15) is 4.98 Å². The lowest BCUT2D eigenvalue weighted by atomic mass is 10.0. The van der Waals surface area contributed by atoms with Crippen molar-refractivity contribution >= 4 is 5.82 Å². The lowest BCUT2D eigenvalue weighted by Gasteiger charge is -2.15. The minimum Gasteiger partial charge on any atom is -0.393 e. The number of hydrogen-bond donors (Lipinski definition) is 2. The minimum atomic E-state index is -0.359. The molecule has 4 rings (SSSR count). The largest absolute Gasteiger partial charge is 0.393 e. The van der Waals surface area contributed by atoms with Gasteiger partial charge in [-0.3, -0.25) is 0 Å². The molecule has 2 heterocycles. The zero-order valence-corrected chi connectivity index (χ0v) is 14.8. The van der Waals surface area contributed by atoms with Crippen molar-refractivity contribution < 1.29 is 9.63 Å². The van der Waals surface area contributed by atoms with Crippen LogP contribution in [0.25, 0.3) is 0 Å². The maximum Gasteiger partial charge on any atom is 0.229 e. The lowest BCUT2D eigenvalue weighted by Crippen LogP contribution is -2.22. The molecule has 2 saturated carbocycles. The first-order chi connectivity index (χ1) is 12.1. The number of aliphatic hydroxyl groups excluding tert-OH is 1. The first-order valence-corrected chi connectivity index (χ1v) is 9.22. The molecular weight excluding hydrogens is 318 g/mol. The normalized spacial score (nSPS) is 26.1. The van der Waals surface area contributed by atoms with E-state index in [1.54, 1.807) is 0 Å². The van der Waals surface area contributed by atoms with Crippen LogP contribution in [0.3, 0.4) is 0 Å². The average Bonchev–Trinajstić information content (AvgIpc) is 3.21. The summed E-state index contributed by atoms with van der Waals surface area (Å²) in [6.45, 7) is 4.66. The van der Waals surface area contributed by atoms with Gasteiger partial charge in [0.25, 0.3) is 0 Å². The second-order valence-corrected chi connectivity index (χ2v) is 7.29. The van der Waals surface area contributed by atoms with Crippen LogP contribution < -0.4 is 5.32 Å². The Morgan fingerprint density at radius 3 is 2.80 bits per heavy atom. The number of hydrogen-bond acceptors (Lipinski definition) is 7. The van der Waals surface area contributed by atoms with Crippen molar-refractivity contribution in [2.24, 2.45) is 5.92 Å². The topological polar surface area (TPSA) is 97.0 Å². The molecular formula is C18H25N5O2. The van der Waals surface area contributed by atoms with Crippen molar-refractivity contribution in [1.29, 1.82) is 0 Å². The standard InChI is InChI=1S/C18H25N5O2/c1-3-14-8-16(21-10(2)20-14)19-9-13-6-12(7-15(13)24)18-22-17(23-25-18)11-4-5-11/h8,11-13,15,24H,3-7,9H2,1-2H3,(H,19,20,21)/t12-,13+,15+/m0/s1. The van der Waals surface area contributed by atoms with Crippen LogP contribution in [0.1, 0.15) is 67.7 Å². The first kappa shape index (κ1) is 16.4. The zero-order valence-electron chi connectivity index (χ0n) is 14.8. The van der Waals surface area contributed by atoms with Crippen LogP contribution in [0.15, 0.2) is 10.6 Å². The smallest absolute Gasteiger partial charge is 0.229 e. The van der Waals surface area contributed by atoms with Gasteiger partial charge < -0.3 is 14.9 Å². The number of nitrogens with zero attached hydrogens (tertiary/aromatic N) is 4. The van der Waals surface area contributed by atoms with Crippen LogP contribution in [-0.4, -0.2) is 37.9 Å². The first-order valence-electron chi connectivity index (χ1n) is 9.22. The molecule has 0 amide bonds. The third-order valence-corrected chi connectivity index (χ3v) is 5.21. The molecule has 25 heavy (non-hydrogen) atoms. The molecule has 3 atom stereocenters. The van der Waals surface area contributed by atoms with Crippen molar-refractivity contribution in [2.45, 2.75) is 63.9 Å². The van der Waals surface area contributed by atoms with Crippen molar-refractivity contribution in [3.8, 4) is 0 Å². The van der Waals surface area contributed by atoms with E-state index in [1.807, 2.05) is 13.0 Å². The molecule has 2 fully saturated rings. The molecule has 0 aliphatic heterocycles. The van der Waals surface area contributed by atoms with Crippen LogP contribution in [0.2, 0.25) is 0 Å². The Morgan fingerprint density at radius 1 is 1.20 bits per heavy atom. The maximum atomic E-state index is 10.4. The van der Waals surface area contributed by atoms with Gasteiger partial charge in [0.2, 0.25) is 5.89 Å². The highest BCUT2D eigenvalue weighted by atomic mass is 16.5. The summed E-state index contributed by atoms with van der Waals surface area (Å²) in [5.74, 6) is 3.93. The molecule has 7 nitrogen and oxygen atoms in total. The molecule has 0 spiro atoms. The predicted molar refractivity (Wildman–Crippen MR) is 92.4 cm³/mol. The number of aromatic nitrogens is 4. The highest BCUT2D eigenvalue weighted by Crippen LogP contribution is 2.41. The van der Waals surface area contributed by atoms with E-state index in [9.17, 15) is 5.11 Å². The Bertz CT molecular complexity index is 743. The van der Waals surface area contributed by atoms with Gasteiger partial charge in [-0.25, -0.2) is 9.97 Å². The fourth-order valence-corrected chi connectivity index (χ4v) is 3.58. The van der Waals surface area contributed by atoms with Crippen LogP contribution >= 0.6 is 0 Å². The molecule has 0 saturated heterocycles. The van der Waals surface area contributed by atoms with Gasteiger partial charge in [-0.15, -0.1) is 0 Å². The van der Waals surface area contributed by atoms with E-state index in [-0.39, 0.29) is 17.9 Å². The summed E-state index contributed by atoms with van der Waals surface area (Å²) in [7, 11) is 0. The number of nitrogens with one attached hydrogen (secondary N) is 1. The zero-order chi connectivity index (χ0) is 17.4. The molecule has 134 valence electrons. The van der Waals surface area contributed by atoms with Crippen molar-refractivity contribution in [3.05, 3.63) is 29.3 Å². The van der Waals surface area contributed by atoms with E-state index in [0.717, 1.165) is 48.8 Å². The summed E-state index contributed by atoms with van der Waals surface area (Å²) in [6.07, 6.45) is 4.38. The second-order valence-electron chi connectivity index (χ2n) is 7.29. The van der Waals surface area contributed by atoms with Gasteiger partial charge in [-0.05, 0) is 39.0 Å². The maximum absolute atomic E-state index is 10.4. The number of rotatable bonds is 6. The van der Waals surface area contributed by atoms with E-state index >= 15 is 0 Å². The average molecular weight is 343 g/mol. The van der Waals surface area contributed by atoms with Gasteiger partial charge in [-0.1, -0.05) is 12.1 Å². The fraction of sp³-hybridized carbons (Fsp3) is 0.667. The number of aryl methyl sites for hydroxylation is 2. The molecule has 2 aliphatic carbocycles. The third kappa shape index (κ3) is 3.66. The van der Waals surface area contributed by atoms with E-state index < -0.39 is 0 Å². The van der Waals surface area contributed by atoms with Crippen LogP contribution in [-0.2, 0) is 6.42 Å². The highest BCUT2D eigenvalue weighted by molar-refractivity contribution is 5.36. The lowest BCUT2D eigenvalue weighted by molar-refractivity contribution is 0.137. The Kier molecular flexibility index (Phi) is 4.41. The van der Waals surface area contributed by atoms with Gasteiger partial charge in [0.05, 0.1) is 6.10 Å². The van der Waals surface area contributed by atoms with E-state index in [1.165, 1.54) is 0 Å². The quantitative estimate of drug-likeness (QED) is 0.832. The van der Waals surface area contributed by atoms with E-state index in [4.69, 9.17) is 4.52 Å². The summed E-state index contributed by atoms with van der Waals surface area (Å²) >= 11 is 0. The molecule has 0 aromatic carbocycles. The Morgan fingerprint density at radius 2 is 2.04 bits per heavy atom.